The van der Waals surface area contributed by atoms with Crippen LogP contribution in [0.25, 0.3) is 6.08 Å². The molecule has 8 heteroatoms. The standard InChI is InChI=1S/C26H32FN3O4/c1-19(2)18-34-23-10-4-20(16-24(23)33-3)5-11-26(32)30-14-12-29(13-15-30)17-25(31)28-22-8-6-21(27)7-9-22/h4-11,16,19H,12-15,17-18H2,1-3H3,(H,28,31)/b11-5+. The summed E-state index contributed by atoms with van der Waals surface area (Å²) in [4.78, 5) is 28.6. The average Bonchev–Trinajstić information content (AvgIpc) is 2.83. The van der Waals surface area contributed by atoms with Crippen molar-refractivity contribution in [1.29, 1.82) is 0 Å². The summed E-state index contributed by atoms with van der Waals surface area (Å²) in [7, 11) is 1.59. The van der Waals surface area contributed by atoms with Gasteiger partial charge in [-0.15, -0.1) is 0 Å². The van der Waals surface area contributed by atoms with Gasteiger partial charge in [-0.3, -0.25) is 14.5 Å². The van der Waals surface area contributed by atoms with Gasteiger partial charge in [0.15, 0.2) is 11.5 Å². The number of amides is 2. The van der Waals surface area contributed by atoms with Crippen LogP contribution in [0.4, 0.5) is 10.1 Å². The molecule has 0 radical (unpaired) electrons. The molecule has 0 saturated carbocycles. The third-order valence-corrected chi connectivity index (χ3v) is 5.36. The molecule has 2 aromatic carbocycles. The van der Waals surface area contributed by atoms with Crippen LogP contribution in [0, 0.1) is 11.7 Å². The Kier molecular flexibility index (Phi) is 9.04. The zero-order chi connectivity index (χ0) is 24.5. The molecule has 0 atom stereocenters. The number of carbonyl (C=O) groups is 2. The minimum absolute atomic E-state index is 0.0745. The fraction of sp³-hybridized carbons (Fsp3) is 0.385. The number of piperazine rings is 1. The molecule has 0 bridgehead atoms. The lowest BCUT2D eigenvalue weighted by atomic mass is 10.1. The molecule has 0 spiro atoms. The van der Waals surface area contributed by atoms with E-state index in [0.717, 1.165) is 5.56 Å². The lowest BCUT2D eigenvalue weighted by molar-refractivity contribution is -0.127. The van der Waals surface area contributed by atoms with Crippen LogP contribution in [0.1, 0.15) is 19.4 Å². The van der Waals surface area contributed by atoms with Gasteiger partial charge in [0.2, 0.25) is 11.8 Å². The number of methoxy groups -OCH3 is 1. The molecule has 1 heterocycles. The van der Waals surface area contributed by atoms with Crippen LogP contribution in [-0.4, -0.2) is 68.1 Å². The maximum absolute atomic E-state index is 13.0. The second kappa shape index (κ2) is 12.2. The van der Waals surface area contributed by atoms with E-state index in [1.165, 1.54) is 24.3 Å². The molecule has 7 nitrogen and oxygen atoms in total. The summed E-state index contributed by atoms with van der Waals surface area (Å²) < 4.78 is 24.2. The number of ether oxygens (including phenoxy) is 2. The minimum Gasteiger partial charge on any atom is -0.493 e. The second-order valence-electron chi connectivity index (χ2n) is 8.60. The lowest BCUT2D eigenvalue weighted by Crippen LogP contribution is -2.50. The van der Waals surface area contributed by atoms with E-state index < -0.39 is 0 Å². The van der Waals surface area contributed by atoms with Gasteiger partial charge in [0.25, 0.3) is 0 Å². The first-order valence-corrected chi connectivity index (χ1v) is 11.4. The molecule has 2 aromatic rings. The molecule has 1 N–H and O–H groups in total. The number of carbonyl (C=O) groups excluding carboxylic acids is 2. The highest BCUT2D eigenvalue weighted by Crippen LogP contribution is 2.29. The monoisotopic (exact) mass is 469 g/mol. The Morgan fingerprint density at radius 2 is 1.76 bits per heavy atom. The number of nitrogens with zero attached hydrogens (tertiary/aromatic N) is 2. The highest BCUT2D eigenvalue weighted by atomic mass is 19.1. The van der Waals surface area contributed by atoms with Crippen molar-refractivity contribution in [3.8, 4) is 11.5 Å². The van der Waals surface area contributed by atoms with Gasteiger partial charge in [0.1, 0.15) is 5.82 Å². The van der Waals surface area contributed by atoms with E-state index in [9.17, 15) is 14.0 Å². The van der Waals surface area contributed by atoms with Crippen molar-refractivity contribution in [2.75, 3.05) is 51.8 Å². The van der Waals surface area contributed by atoms with E-state index in [2.05, 4.69) is 19.2 Å². The molecular weight excluding hydrogens is 437 g/mol. The summed E-state index contributed by atoms with van der Waals surface area (Å²) in [6.45, 7) is 7.27. The summed E-state index contributed by atoms with van der Waals surface area (Å²) in [5, 5.41) is 2.76. The van der Waals surface area contributed by atoms with Gasteiger partial charge in [-0.25, -0.2) is 4.39 Å². The highest BCUT2D eigenvalue weighted by molar-refractivity contribution is 5.93. The van der Waals surface area contributed by atoms with Crippen molar-refractivity contribution in [1.82, 2.24) is 9.80 Å². The zero-order valence-electron chi connectivity index (χ0n) is 19.9. The summed E-state index contributed by atoms with van der Waals surface area (Å²) in [5.74, 6) is 1.13. The van der Waals surface area contributed by atoms with Crippen LogP contribution in [-0.2, 0) is 9.59 Å². The fourth-order valence-electron chi connectivity index (χ4n) is 3.50. The molecule has 3 rings (SSSR count). The molecule has 1 aliphatic rings. The van der Waals surface area contributed by atoms with Gasteiger partial charge >= 0.3 is 0 Å². The van der Waals surface area contributed by atoms with E-state index in [0.29, 0.717) is 55.9 Å². The third-order valence-electron chi connectivity index (χ3n) is 5.36. The Morgan fingerprint density at radius 1 is 1.06 bits per heavy atom. The molecule has 34 heavy (non-hydrogen) atoms. The van der Waals surface area contributed by atoms with Crippen LogP contribution in [0.15, 0.2) is 48.5 Å². The Labute approximate surface area is 200 Å². The Bertz CT molecular complexity index is 1000. The van der Waals surface area contributed by atoms with Crippen molar-refractivity contribution >= 4 is 23.6 Å². The van der Waals surface area contributed by atoms with Crippen molar-refractivity contribution in [3.05, 3.63) is 59.9 Å². The first-order chi connectivity index (χ1) is 16.3. The Hall–Kier alpha value is -3.39. The molecule has 0 aromatic heterocycles. The van der Waals surface area contributed by atoms with Crippen LogP contribution in [0.3, 0.4) is 0 Å². The van der Waals surface area contributed by atoms with E-state index in [-0.39, 0.29) is 24.2 Å². The first-order valence-electron chi connectivity index (χ1n) is 11.4. The van der Waals surface area contributed by atoms with Crippen LogP contribution in [0.5, 0.6) is 11.5 Å². The molecule has 0 aliphatic carbocycles. The van der Waals surface area contributed by atoms with Crippen LogP contribution in [0.2, 0.25) is 0 Å². The zero-order valence-corrected chi connectivity index (χ0v) is 19.9. The summed E-state index contributed by atoms with van der Waals surface area (Å²) in [6.07, 6.45) is 3.32. The maximum Gasteiger partial charge on any atom is 0.246 e. The second-order valence-corrected chi connectivity index (χ2v) is 8.60. The first kappa shape index (κ1) is 25.2. The number of hydrogen-bond acceptors (Lipinski definition) is 5. The Morgan fingerprint density at radius 3 is 2.41 bits per heavy atom. The molecule has 182 valence electrons. The predicted molar refractivity (Wildman–Crippen MR) is 130 cm³/mol. The van der Waals surface area contributed by atoms with Gasteiger partial charge in [-0.2, -0.15) is 0 Å². The number of halogens is 1. The number of nitrogens with one attached hydrogen (secondary N) is 1. The molecule has 2 amide bonds. The number of rotatable bonds is 9. The van der Waals surface area contributed by atoms with E-state index in [1.54, 1.807) is 24.2 Å². The molecule has 0 unspecified atom stereocenters. The molecule has 1 saturated heterocycles. The topological polar surface area (TPSA) is 71.1 Å². The van der Waals surface area contributed by atoms with Gasteiger partial charge in [0, 0.05) is 37.9 Å². The van der Waals surface area contributed by atoms with E-state index in [4.69, 9.17) is 9.47 Å². The summed E-state index contributed by atoms with van der Waals surface area (Å²) >= 11 is 0. The van der Waals surface area contributed by atoms with E-state index in [1.807, 2.05) is 23.1 Å². The fourth-order valence-corrected chi connectivity index (χ4v) is 3.50. The average molecular weight is 470 g/mol. The van der Waals surface area contributed by atoms with Crippen LogP contribution < -0.4 is 14.8 Å². The van der Waals surface area contributed by atoms with Crippen molar-refractivity contribution in [3.63, 3.8) is 0 Å². The molecular formula is C26H32FN3O4. The number of anilines is 1. The third kappa shape index (κ3) is 7.59. The quantitative estimate of drug-likeness (QED) is 0.568. The number of hydrogen-bond donors (Lipinski definition) is 1. The summed E-state index contributed by atoms with van der Waals surface area (Å²) in [6, 6.07) is 11.2. The van der Waals surface area contributed by atoms with Gasteiger partial charge in [0.05, 0.1) is 20.3 Å². The molecule has 1 fully saturated rings. The predicted octanol–water partition coefficient (Wildman–Crippen LogP) is 3.67. The molecule has 1 aliphatic heterocycles. The van der Waals surface area contributed by atoms with Crippen molar-refractivity contribution < 1.29 is 23.5 Å². The van der Waals surface area contributed by atoms with Gasteiger partial charge in [-0.1, -0.05) is 19.9 Å². The normalized spacial score (nSPS) is 14.4. The summed E-state index contributed by atoms with van der Waals surface area (Å²) in [5.41, 5.74) is 1.40. The number of benzene rings is 2. The largest absolute Gasteiger partial charge is 0.493 e. The van der Waals surface area contributed by atoms with Crippen molar-refractivity contribution in [2.45, 2.75) is 13.8 Å². The smallest absolute Gasteiger partial charge is 0.246 e. The van der Waals surface area contributed by atoms with Crippen molar-refractivity contribution in [2.24, 2.45) is 5.92 Å². The lowest BCUT2D eigenvalue weighted by Gasteiger charge is -2.33. The van der Waals surface area contributed by atoms with Gasteiger partial charge < -0.3 is 19.7 Å². The maximum atomic E-state index is 13.0. The highest BCUT2D eigenvalue weighted by Gasteiger charge is 2.21. The Balaban J connectivity index is 1.46. The van der Waals surface area contributed by atoms with Crippen LogP contribution >= 0.6 is 0 Å². The van der Waals surface area contributed by atoms with Gasteiger partial charge in [-0.05, 0) is 54.0 Å². The van der Waals surface area contributed by atoms with E-state index >= 15 is 0 Å². The minimum atomic E-state index is -0.348. The SMILES string of the molecule is COc1cc(/C=C/C(=O)N2CCN(CC(=O)Nc3ccc(F)cc3)CC2)ccc1OCC(C)C.